The van der Waals surface area contributed by atoms with E-state index in [1.165, 1.54) is 11.3 Å². The first-order valence-corrected chi connectivity index (χ1v) is 9.26. The van der Waals surface area contributed by atoms with Crippen molar-refractivity contribution in [1.29, 1.82) is 0 Å². The van der Waals surface area contributed by atoms with E-state index in [9.17, 15) is 9.90 Å². The van der Waals surface area contributed by atoms with Gasteiger partial charge in [0.15, 0.2) is 0 Å². The van der Waals surface area contributed by atoms with Crippen molar-refractivity contribution in [2.24, 2.45) is 5.41 Å². The van der Waals surface area contributed by atoms with Crippen LogP contribution in [0.2, 0.25) is 0 Å². The summed E-state index contributed by atoms with van der Waals surface area (Å²) in [6, 6.07) is 7.75. The summed E-state index contributed by atoms with van der Waals surface area (Å²) in [4.78, 5) is 19.5. The summed E-state index contributed by atoms with van der Waals surface area (Å²) in [5, 5.41) is 12.2. The van der Waals surface area contributed by atoms with E-state index in [2.05, 4.69) is 18.8 Å². The van der Waals surface area contributed by atoms with Crippen LogP contribution < -0.4 is 4.74 Å². The van der Waals surface area contributed by atoms with Gasteiger partial charge in [-0.1, -0.05) is 26.0 Å². The topological polar surface area (TPSA) is 62.7 Å². The minimum atomic E-state index is -0.550. The van der Waals surface area contributed by atoms with E-state index in [1.807, 2.05) is 29.6 Å². The van der Waals surface area contributed by atoms with Crippen LogP contribution in [0.1, 0.15) is 30.8 Å². The third kappa shape index (κ3) is 3.16. The largest absolute Gasteiger partial charge is 0.497 e. The van der Waals surface area contributed by atoms with Crippen molar-refractivity contribution in [3.8, 4) is 5.75 Å². The predicted molar refractivity (Wildman–Crippen MR) is 97.7 cm³/mol. The van der Waals surface area contributed by atoms with Gasteiger partial charge in [-0.15, -0.1) is 11.3 Å². The van der Waals surface area contributed by atoms with Crippen LogP contribution in [-0.2, 0) is 16.8 Å². The molecule has 1 saturated carbocycles. The van der Waals surface area contributed by atoms with Crippen molar-refractivity contribution in [2.75, 3.05) is 20.3 Å². The molecular weight excluding hydrogens is 336 g/mol. The number of carbonyl (C=O) groups excluding carboxylic acids is 1. The number of nitrogens with zero attached hydrogens (tertiary/aromatic N) is 2. The quantitative estimate of drug-likeness (QED) is 0.825. The highest BCUT2D eigenvalue weighted by atomic mass is 32.1. The molecule has 6 heteroatoms. The molecule has 1 aromatic heterocycles. The number of aromatic nitrogens is 1. The van der Waals surface area contributed by atoms with Gasteiger partial charge in [-0.05, 0) is 29.5 Å². The third-order valence-corrected chi connectivity index (χ3v) is 5.92. The summed E-state index contributed by atoms with van der Waals surface area (Å²) in [6.07, 6.45) is 2.53. The lowest BCUT2D eigenvalue weighted by molar-refractivity contribution is -0.136. The molecule has 1 N–H and O–H groups in total. The van der Waals surface area contributed by atoms with Crippen LogP contribution >= 0.6 is 11.3 Å². The number of aliphatic hydroxyl groups is 1. The summed E-state index contributed by atoms with van der Waals surface area (Å²) in [5.74, 6) is 0.840. The summed E-state index contributed by atoms with van der Waals surface area (Å²) >= 11 is 1.52. The lowest BCUT2D eigenvalue weighted by atomic mass is 9.86. The Morgan fingerprint density at radius 3 is 2.52 bits per heavy atom. The third-order valence-electron chi connectivity index (χ3n) is 5.15. The summed E-state index contributed by atoms with van der Waals surface area (Å²) < 4.78 is 5.24. The van der Waals surface area contributed by atoms with Gasteiger partial charge < -0.3 is 14.7 Å². The zero-order valence-corrected chi connectivity index (χ0v) is 15.7. The van der Waals surface area contributed by atoms with Crippen LogP contribution in [-0.4, -0.2) is 41.2 Å². The number of hydrogen-bond acceptors (Lipinski definition) is 5. The predicted octanol–water partition coefficient (Wildman–Crippen LogP) is 2.84. The molecular formula is C19H24N2O3S. The minimum Gasteiger partial charge on any atom is -0.497 e. The summed E-state index contributed by atoms with van der Waals surface area (Å²) in [5.41, 5.74) is 0.339. The molecule has 3 rings (SSSR count). The van der Waals surface area contributed by atoms with Gasteiger partial charge >= 0.3 is 0 Å². The van der Waals surface area contributed by atoms with Gasteiger partial charge in [-0.2, -0.15) is 0 Å². The number of thiazole rings is 1. The molecule has 0 bridgehead atoms. The standard InChI is InChI=1S/C19H24N2O3S/c1-18(2)13-19(18,14-4-6-15(24-3)7-5-14)17(23)21(9-10-22)12-16-20-8-11-25-16/h4-8,11,22H,9-10,12-13H2,1-3H3/t19-/m1/s1. The number of ether oxygens (including phenoxy) is 1. The molecule has 5 nitrogen and oxygen atoms in total. The fourth-order valence-electron chi connectivity index (χ4n) is 3.61. The Labute approximate surface area is 152 Å². The fourth-order valence-corrected chi connectivity index (χ4v) is 4.24. The van der Waals surface area contributed by atoms with Crippen LogP contribution in [0.3, 0.4) is 0 Å². The molecule has 0 saturated heterocycles. The normalized spacial score (nSPS) is 21.0. The van der Waals surface area contributed by atoms with E-state index in [-0.39, 0.29) is 17.9 Å². The number of benzene rings is 1. The average molecular weight is 360 g/mol. The second-order valence-electron chi connectivity index (χ2n) is 7.07. The van der Waals surface area contributed by atoms with E-state index in [0.29, 0.717) is 13.1 Å². The van der Waals surface area contributed by atoms with Crippen molar-refractivity contribution in [1.82, 2.24) is 9.88 Å². The van der Waals surface area contributed by atoms with E-state index >= 15 is 0 Å². The SMILES string of the molecule is COc1ccc([C@@]2(C(=O)N(CCO)Cc3nccs3)CC2(C)C)cc1. The monoisotopic (exact) mass is 360 g/mol. The Kier molecular flexibility index (Phi) is 4.84. The second kappa shape index (κ2) is 6.77. The van der Waals surface area contributed by atoms with Crippen LogP contribution in [0, 0.1) is 5.41 Å². The molecule has 1 heterocycles. The highest BCUT2D eigenvalue weighted by molar-refractivity contribution is 7.09. The highest BCUT2D eigenvalue weighted by Gasteiger charge is 2.67. The Morgan fingerprint density at radius 2 is 2.04 bits per heavy atom. The van der Waals surface area contributed by atoms with Crippen molar-refractivity contribution in [3.05, 3.63) is 46.4 Å². The average Bonchev–Trinajstić information content (AvgIpc) is 2.95. The first-order chi connectivity index (χ1) is 11.9. The molecule has 1 amide bonds. The van der Waals surface area contributed by atoms with Gasteiger partial charge in [-0.25, -0.2) is 4.98 Å². The molecule has 1 fully saturated rings. The summed E-state index contributed by atoms with van der Waals surface area (Å²) in [6.45, 7) is 4.93. The summed E-state index contributed by atoms with van der Waals surface area (Å²) in [7, 11) is 1.63. The van der Waals surface area contributed by atoms with Crippen LogP contribution in [0.15, 0.2) is 35.8 Å². The van der Waals surface area contributed by atoms with Gasteiger partial charge in [0, 0.05) is 18.1 Å². The van der Waals surface area contributed by atoms with Crippen molar-refractivity contribution in [2.45, 2.75) is 32.2 Å². The first-order valence-electron chi connectivity index (χ1n) is 8.38. The molecule has 1 aliphatic carbocycles. The Balaban J connectivity index is 1.91. The molecule has 0 radical (unpaired) electrons. The van der Waals surface area contributed by atoms with Crippen LogP contribution in [0.4, 0.5) is 0 Å². The van der Waals surface area contributed by atoms with E-state index < -0.39 is 5.41 Å². The molecule has 1 atom stereocenters. The number of aliphatic hydroxyl groups excluding tert-OH is 1. The zero-order chi connectivity index (χ0) is 18.1. The molecule has 0 aliphatic heterocycles. The Morgan fingerprint density at radius 1 is 1.36 bits per heavy atom. The Hall–Kier alpha value is -1.92. The first kappa shape index (κ1) is 17.9. The Bertz CT molecular complexity index is 728. The van der Waals surface area contributed by atoms with Gasteiger partial charge in [0.1, 0.15) is 10.8 Å². The van der Waals surface area contributed by atoms with Gasteiger partial charge in [0.25, 0.3) is 0 Å². The van der Waals surface area contributed by atoms with Gasteiger partial charge in [0.2, 0.25) is 5.91 Å². The molecule has 1 aliphatic rings. The van der Waals surface area contributed by atoms with E-state index in [1.54, 1.807) is 18.2 Å². The van der Waals surface area contributed by atoms with Crippen LogP contribution in [0.5, 0.6) is 5.75 Å². The van der Waals surface area contributed by atoms with E-state index in [4.69, 9.17) is 4.74 Å². The van der Waals surface area contributed by atoms with Crippen LogP contribution in [0.25, 0.3) is 0 Å². The molecule has 2 aromatic rings. The van der Waals surface area contributed by atoms with E-state index in [0.717, 1.165) is 22.7 Å². The highest BCUT2D eigenvalue weighted by Crippen LogP contribution is 2.65. The molecule has 134 valence electrons. The second-order valence-corrected chi connectivity index (χ2v) is 8.05. The number of rotatable bonds is 7. The zero-order valence-electron chi connectivity index (χ0n) is 14.9. The molecule has 25 heavy (non-hydrogen) atoms. The van der Waals surface area contributed by atoms with Crippen molar-refractivity contribution < 1.29 is 14.6 Å². The van der Waals surface area contributed by atoms with Gasteiger partial charge in [-0.3, -0.25) is 4.79 Å². The number of hydrogen-bond donors (Lipinski definition) is 1. The molecule has 0 spiro atoms. The maximum atomic E-state index is 13.5. The lowest BCUT2D eigenvalue weighted by Crippen LogP contribution is -2.42. The number of amides is 1. The fraction of sp³-hybridized carbons (Fsp3) is 0.474. The maximum absolute atomic E-state index is 13.5. The van der Waals surface area contributed by atoms with Crippen molar-refractivity contribution in [3.63, 3.8) is 0 Å². The smallest absolute Gasteiger partial charge is 0.234 e. The van der Waals surface area contributed by atoms with Crippen molar-refractivity contribution >= 4 is 17.2 Å². The molecule has 0 unspecified atom stereocenters. The minimum absolute atomic E-state index is 0.0593. The number of methoxy groups -OCH3 is 1. The lowest BCUT2D eigenvalue weighted by Gasteiger charge is -2.29. The molecule has 1 aromatic carbocycles. The van der Waals surface area contributed by atoms with Gasteiger partial charge in [0.05, 0.1) is 25.7 Å². The number of carbonyl (C=O) groups is 1. The maximum Gasteiger partial charge on any atom is 0.234 e.